The minimum Gasteiger partial charge on any atom is -0.493 e. The number of hydrogen-bond acceptors (Lipinski definition) is 2. The molecule has 0 aliphatic carbocycles. The minimum absolute atomic E-state index is 0.0716. The Hall–Kier alpha value is -1.23. The summed E-state index contributed by atoms with van der Waals surface area (Å²) in [5.41, 5.74) is -0.730. The first-order chi connectivity index (χ1) is 9.24. The van der Waals surface area contributed by atoms with Crippen molar-refractivity contribution in [1.29, 1.82) is 0 Å². The zero-order valence-corrected chi connectivity index (χ0v) is 12.2. The van der Waals surface area contributed by atoms with Crippen LogP contribution in [0, 0.1) is 5.41 Å². The summed E-state index contributed by atoms with van der Waals surface area (Å²) in [7, 11) is 0. The summed E-state index contributed by atoms with van der Waals surface area (Å²) in [6.07, 6.45) is -3.24. The van der Waals surface area contributed by atoms with E-state index in [2.05, 4.69) is 26.1 Å². The summed E-state index contributed by atoms with van der Waals surface area (Å²) in [5.74, 6) is 0.460. The molecule has 0 saturated carbocycles. The van der Waals surface area contributed by atoms with Crippen LogP contribution < -0.4 is 10.1 Å². The summed E-state index contributed by atoms with van der Waals surface area (Å²) in [6, 6.07) is 4.80. The highest BCUT2D eigenvalue weighted by Crippen LogP contribution is 2.30. The predicted octanol–water partition coefficient (Wildman–Crippen LogP) is 4.11. The van der Waals surface area contributed by atoms with Crippen LogP contribution in [0.15, 0.2) is 24.3 Å². The van der Waals surface area contributed by atoms with Crippen molar-refractivity contribution in [3.8, 4) is 5.75 Å². The standard InChI is InChI=1S/C15H22F3NO/c1-4-9-19-10-14(2,3)11-20-13-7-5-12(6-8-13)15(16,17)18/h5-8,19H,4,9-11H2,1-3H3. The Balaban J connectivity index is 2.49. The molecule has 5 heteroatoms. The first kappa shape index (κ1) is 16.8. The van der Waals surface area contributed by atoms with Gasteiger partial charge in [0, 0.05) is 12.0 Å². The van der Waals surface area contributed by atoms with Crippen molar-refractivity contribution < 1.29 is 17.9 Å². The van der Waals surface area contributed by atoms with E-state index in [1.165, 1.54) is 12.1 Å². The number of hydrogen-bond donors (Lipinski definition) is 1. The van der Waals surface area contributed by atoms with Crippen LogP contribution in [-0.4, -0.2) is 19.7 Å². The van der Waals surface area contributed by atoms with Gasteiger partial charge in [-0.25, -0.2) is 0 Å². The highest BCUT2D eigenvalue weighted by molar-refractivity contribution is 5.28. The molecular formula is C15H22F3NO. The molecule has 0 unspecified atom stereocenters. The summed E-state index contributed by atoms with van der Waals surface area (Å²) in [6.45, 7) is 8.42. The zero-order chi connectivity index (χ0) is 15.2. The third-order valence-corrected chi connectivity index (χ3v) is 2.84. The first-order valence-corrected chi connectivity index (χ1v) is 6.75. The Bertz CT molecular complexity index is 399. The fourth-order valence-corrected chi connectivity index (χ4v) is 1.67. The van der Waals surface area contributed by atoms with E-state index < -0.39 is 11.7 Å². The van der Waals surface area contributed by atoms with Crippen molar-refractivity contribution in [2.75, 3.05) is 19.7 Å². The maximum absolute atomic E-state index is 12.4. The van der Waals surface area contributed by atoms with E-state index >= 15 is 0 Å². The smallest absolute Gasteiger partial charge is 0.416 e. The predicted molar refractivity (Wildman–Crippen MR) is 73.9 cm³/mol. The maximum atomic E-state index is 12.4. The van der Waals surface area contributed by atoms with Gasteiger partial charge in [-0.05, 0) is 37.2 Å². The van der Waals surface area contributed by atoms with Crippen LogP contribution in [0.5, 0.6) is 5.75 Å². The van der Waals surface area contributed by atoms with E-state index in [4.69, 9.17) is 4.74 Å². The van der Waals surface area contributed by atoms with Crippen LogP contribution in [0.2, 0.25) is 0 Å². The molecule has 0 saturated heterocycles. The summed E-state index contributed by atoms with van der Waals surface area (Å²) in [4.78, 5) is 0. The number of benzene rings is 1. The monoisotopic (exact) mass is 289 g/mol. The molecule has 0 aromatic heterocycles. The Kier molecular flexibility index (Phi) is 5.87. The van der Waals surface area contributed by atoms with E-state index in [0.717, 1.165) is 31.6 Å². The van der Waals surface area contributed by atoms with E-state index in [1.54, 1.807) is 0 Å². The Labute approximate surface area is 118 Å². The molecular weight excluding hydrogens is 267 g/mol. The SMILES string of the molecule is CCCNCC(C)(C)COc1ccc(C(F)(F)F)cc1. The molecule has 0 aliphatic heterocycles. The molecule has 0 fully saturated rings. The first-order valence-electron chi connectivity index (χ1n) is 6.75. The molecule has 20 heavy (non-hydrogen) atoms. The van der Waals surface area contributed by atoms with Crippen LogP contribution in [-0.2, 0) is 6.18 Å². The van der Waals surface area contributed by atoms with E-state index in [0.29, 0.717) is 12.4 Å². The molecule has 1 aromatic carbocycles. The van der Waals surface area contributed by atoms with Crippen LogP contribution >= 0.6 is 0 Å². The molecule has 0 radical (unpaired) electrons. The molecule has 0 heterocycles. The van der Waals surface area contributed by atoms with Crippen molar-refractivity contribution in [1.82, 2.24) is 5.32 Å². The Morgan fingerprint density at radius 3 is 2.20 bits per heavy atom. The lowest BCUT2D eigenvalue weighted by atomic mass is 9.95. The number of halogens is 3. The number of nitrogens with one attached hydrogen (secondary N) is 1. The Morgan fingerprint density at radius 1 is 1.10 bits per heavy atom. The number of rotatable bonds is 7. The molecule has 2 nitrogen and oxygen atoms in total. The lowest BCUT2D eigenvalue weighted by Gasteiger charge is -2.25. The van der Waals surface area contributed by atoms with Crippen LogP contribution in [0.25, 0.3) is 0 Å². The number of ether oxygens (including phenoxy) is 1. The van der Waals surface area contributed by atoms with Gasteiger partial charge in [0.05, 0.1) is 12.2 Å². The second kappa shape index (κ2) is 6.97. The average molecular weight is 289 g/mol. The van der Waals surface area contributed by atoms with Gasteiger partial charge >= 0.3 is 6.18 Å². The molecule has 0 bridgehead atoms. The second-order valence-electron chi connectivity index (χ2n) is 5.65. The van der Waals surface area contributed by atoms with Crippen LogP contribution in [0.4, 0.5) is 13.2 Å². The fraction of sp³-hybridized carbons (Fsp3) is 0.600. The second-order valence-corrected chi connectivity index (χ2v) is 5.65. The zero-order valence-electron chi connectivity index (χ0n) is 12.2. The third kappa shape index (κ3) is 5.82. The molecule has 0 spiro atoms. The molecule has 1 aromatic rings. The van der Waals surface area contributed by atoms with Gasteiger partial charge in [-0.1, -0.05) is 20.8 Å². The highest BCUT2D eigenvalue weighted by Gasteiger charge is 2.30. The van der Waals surface area contributed by atoms with Gasteiger partial charge in [0.2, 0.25) is 0 Å². The van der Waals surface area contributed by atoms with Gasteiger partial charge in [0.15, 0.2) is 0 Å². The summed E-state index contributed by atoms with van der Waals surface area (Å²) < 4.78 is 42.8. The normalized spacial score (nSPS) is 12.5. The highest BCUT2D eigenvalue weighted by atomic mass is 19.4. The van der Waals surface area contributed by atoms with E-state index in [-0.39, 0.29) is 5.41 Å². The fourth-order valence-electron chi connectivity index (χ4n) is 1.67. The maximum Gasteiger partial charge on any atom is 0.416 e. The largest absolute Gasteiger partial charge is 0.493 e. The van der Waals surface area contributed by atoms with Gasteiger partial charge in [-0.3, -0.25) is 0 Å². The van der Waals surface area contributed by atoms with Gasteiger partial charge in [-0.15, -0.1) is 0 Å². The molecule has 0 amide bonds. The quantitative estimate of drug-likeness (QED) is 0.763. The summed E-state index contributed by atoms with van der Waals surface area (Å²) >= 11 is 0. The van der Waals surface area contributed by atoms with E-state index in [9.17, 15) is 13.2 Å². The van der Waals surface area contributed by atoms with Crippen molar-refractivity contribution in [2.45, 2.75) is 33.4 Å². The molecule has 1 N–H and O–H groups in total. The van der Waals surface area contributed by atoms with Crippen molar-refractivity contribution in [2.24, 2.45) is 5.41 Å². The third-order valence-electron chi connectivity index (χ3n) is 2.84. The van der Waals surface area contributed by atoms with Gasteiger partial charge in [-0.2, -0.15) is 13.2 Å². The van der Waals surface area contributed by atoms with Crippen LogP contribution in [0.1, 0.15) is 32.8 Å². The van der Waals surface area contributed by atoms with Crippen molar-refractivity contribution in [3.63, 3.8) is 0 Å². The van der Waals surface area contributed by atoms with Crippen LogP contribution in [0.3, 0.4) is 0 Å². The molecule has 0 atom stereocenters. The van der Waals surface area contributed by atoms with Gasteiger partial charge < -0.3 is 10.1 Å². The average Bonchev–Trinajstić information content (AvgIpc) is 2.36. The topological polar surface area (TPSA) is 21.3 Å². The van der Waals surface area contributed by atoms with Crippen molar-refractivity contribution in [3.05, 3.63) is 29.8 Å². The van der Waals surface area contributed by atoms with Gasteiger partial charge in [0.25, 0.3) is 0 Å². The number of alkyl halides is 3. The lowest BCUT2D eigenvalue weighted by molar-refractivity contribution is -0.137. The van der Waals surface area contributed by atoms with E-state index in [1.807, 2.05) is 0 Å². The Morgan fingerprint density at radius 2 is 1.70 bits per heavy atom. The summed E-state index contributed by atoms with van der Waals surface area (Å²) in [5, 5.41) is 3.31. The molecule has 114 valence electrons. The molecule has 1 rings (SSSR count). The molecule has 0 aliphatic rings. The van der Waals surface area contributed by atoms with Crippen molar-refractivity contribution >= 4 is 0 Å². The minimum atomic E-state index is -4.30. The van der Waals surface area contributed by atoms with Gasteiger partial charge in [0.1, 0.15) is 5.75 Å². The lowest BCUT2D eigenvalue weighted by Crippen LogP contribution is -2.34.